The SMILES string of the molecule is COC(=O)c1cc(Cl)ccc1NC1CCCc2occc21. The van der Waals surface area contributed by atoms with E-state index in [0.29, 0.717) is 10.6 Å². The molecule has 1 aliphatic rings. The summed E-state index contributed by atoms with van der Waals surface area (Å²) < 4.78 is 10.3. The van der Waals surface area contributed by atoms with Crippen LogP contribution >= 0.6 is 11.6 Å². The lowest BCUT2D eigenvalue weighted by Gasteiger charge is -2.24. The maximum Gasteiger partial charge on any atom is 0.340 e. The molecular weight excluding hydrogens is 290 g/mol. The van der Waals surface area contributed by atoms with Crippen LogP contribution in [0.25, 0.3) is 0 Å². The lowest BCUT2D eigenvalue weighted by Crippen LogP contribution is -2.18. The van der Waals surface area contributed by atoms with Gasteiger partial charge in [0.2, 0.25) is 0 Å². The number of furan rings is 1. The molecular formula is C16H16ClNO3. The molecule has 2 aromatic rings. The Hall–Kier alpha value is -1.94. The number of carbonyl (C=O) groups is 1. The van der Waals surface area contributed by atoms with E-state index in [1.807, 2.05) is 12.1 Å². The lowest BCUT2D eigenvalue weighted by molar-refractivity contribution is 0.0602. The van der Waals surface area contributed by atoms with Crippen molar-refractivity contribution in [3.63, 3.8) is 0 Å². The summed E-state index contributed by atoms with van der Waals surface area (Å²) in [6.07, 6.45) is 4.73. The van der Waals surface area contributed by atoms with Crippen molar-refractivity contribution in [3.8, 4) is 0 Å². The highest BCUT2D eigenvalue weighted by atomic mass is 35.5. The Balaban J connectivity index is 1.91. The molecule has 0 saturated carbocycles. The molecule has 0 aliphatic heterocycles. The van der Waals surface area contributed by atoms with Gasteiger partial charge in [-0.2, -0.15) is 0 Å². The van der Waals surface area contributed by atoms with E-state index < -0.39 is 5.97 Å². The minimum absolute atomic E-state index is 0.136. The molecule has 0 fully saturated rings. The van der Waals surface area contributed by atoms with Crippen LogP contribution in [0.4, 0.5) is 5.69 Å². The predicted molar refractivity (Wildman–Crippen MR) is 80.8 cm³/mol. The Bertz CT molecular complexity index is 665. The first kappa shape index (κ1) is 14.0. The number of ether oxygens (including phenoxy) is 1. The number of hydrogen-bond acceptors (Lipinski definition) is 4. The van der Waals surface area contributed by atoms with Crippen LogP contribution < -0.4 is 5.32 Å². The Morgan fingerprint density at radius 2 is 2.29 bits per heavy atom. The fraction of sp³-hybridized carbons (Fsp3) is 0.312. The third-order valence-corrected chi connectivity index (χ3v) is 4.00. The van der Waals surface area contributed by atoms with Gasteiger partial charge in [-0.05, 0) is 37.1 Å². The van der Waals surface area contributed by atoms with Crippen LogP contribution in [0, 0.1) is 0 Å². The van der Waals surface area contributed by atoms with Gasteiger partial charge in [-0.1, -0.05) is 11.6 Å². The van der Waals surface area contributed by atoms with Crippen molar-refractivity contribution in [2.24, 2.45) is 0 Å². The van der Waals surface area contributed by atoms with Gasteiger partial charge in [0.05, 0.1) is 25.0 Å². The maximum absolute atomic E-state index is 11.9. The molecule has 1 atom stereocenters. The summed E-state index contributed by atoms with van der Waals surface area (Å²) in [6.45, 7) is 0. The fourth-order valence-electron chi connectivity index (χ4n) is 2.75. The number of hydrogen-bond donors (Lipinski definition) is 1. The van der Waals surface area contributed by atoms with Crippen LogP contribution in [0.1, 0.15) is 40.6 Å². The van der Waals surface area contributed by atoms with Gasteiger partial charge >= 0.3 is 5.97 Å². The van der Waals surface area contributed by atoms with Gasteiger partial charge in [0.1, 0.15) is 5.76 Å². The number of rotatable bonds is 3. The molecule has 110 valence electrons. The van der Waals surface area contributed by atoms with Crippen LogP contribution in [-0.4, -0.2) is 13.1 Å². The molecule has 0 radical (unpaired) electrons. The molecule has 21 heavy (non-hydrogen) atoms. The van der Waals surface area contributed by atoms with Crippen LogP contribution in [0.15, 0.2) is 34.9 Å². The van der Waals surface area contributed by atoms with Gasteiger partial charge in [-0.25, -0.2) is 4.79 Å². The van der Waals surface area contributed by atoms with E-state index in [-0.39, 0.29) is 6.04 Å². The smallest absolute Gasteiger partial charge is 0.340 e. The van der Waals surface area contributed by atoms with E-state index in [4.69, 9.17) is 20.8 Å². The highest BCUT2D eigenvalue weighted by Crippen LogP contribution is 2.34. The van der Waals surface area contributed by atoms with E-state index in [1.54, 1.807) is 18.4 Å². The number of anilines is 1. The van der Waals surface area contributed by atoms with Crippen molar-refractivity contribution in [2.75, 3.05) is 12.4 Å². The second-order valence-electron chi connectivity index (χ2n) is 5.07. The summed E-state index contributed by atoms with van der Waals surface area (Å²) in [5, 5.41) is 3.92. The van der Waals surface area contributed by atoms with Gasteiger partial charge in [0.15, 0.2) is 0 Å². The number of fused-ring (bicyclic) bond motifs is 1. The molecule has 0 bridgehead atoms. The summed E-state index contributed by atoms with van der Waals surface area (Å²) in [5.74, 6) is 0.621. The summed E-state index contributed by atoms with van der Waals surface area (Å²) >= 11 is 5.97. The topological polar surface area (TPSA) is 51.5 Å². The second kappa shape index (κ2) is 5.82. The molecule has 1 heterocycles. The number of carbonyl (C=O) groups excluding carboxylic acids is 1. The Labute approximate surface area is 128 Å². The van der Waals surface area contributed by atoms with Crippen LogP contribution in [0.5, 0.6) is 0 Å². The summed E-state index contributed by atoms with van der Waals surface area (Å²) in [6, 6.07) is 7.31. The Morgan fingerprint density at radius 3 is 3.10 bits per heavy atom. The molecule has 1 aromatic heterocycles. The van der Waals surface area contributed by atoms with E-state index in [2.05, 4.69) is 5.32 Å². The highest BCUT2D eigenvalue weighted by molar-refractivity contribution is 6.31. The van der Waals surface area contributed by atoms with Gasteiger partial charge in [-0.3, -0.25) is 0 Å². The third kappa shape index (κ3) is 2.76. The standard InChI is InChI=1S/C16H16ClNO3/c1-20-16(19)12-9-10(17)5-6-14(12)18-13-3-2-4-15-11(13)7-8-21-15/h5-9,13,18H,2-4H2,1H3. The second-order valence-corrected chi connectivity index (χ2v) is 5.51. The number of aryl methyl sites for hydroxylation is 1. The average Bonchev–Trinajstić information content (AvgIpc) is 2.97. The van der Waals surface area contributed by atoms with E-state index in [1.165, 1.54) is 7.11 Å². The van der Waals surface area contributed by atoms with E-state index in [0.717, 1.165) is 36.3 Å². The van der Waals surface area contributed by atoms with Crippen molar-refractivity contribution in [2.45, 2.75) is 25.3 Å². The van der Waals surface area contributed by atoms with Crippen molar-refractivity contribution >= 4 is 23.3 Å². The summed E-state index contributed by atoms with van der Waals surface area (Å²) in [4.78, 5) is 11.9. The molecule has 1 aromatic carbocycles. The van der Waals surface area contributed by atoms with Gasteiger partial charge in [0, 0.05) is 22.7 Å². The van der Waals surface area contributed by atoms with Crippen molar-refractivity contribution < 1.29 is 13.9 Å². The fourth-order valence-corrected chi connectivity index (χ4v) is 2.92. The molecule has 4 nitrogen and oxygen atoms in total. The number of methoxy groups -OCH3 is 1. The first-order chi connectivity index (χ1) is 10.2. The van der Waals surface area contributed by atoms with Crippen molar-refractivity contribution in [1.29, 1.82) is 0 Å². The number of benzene rings is 1. The minimum atomic E-state index is -0.400. The van der Waals surface area contributed by atoms with Gasteiger partial charge in [-0.15, -0.1) is 0 Å². The molecule has 0 saturated heterocycles. The number of halogens is 1. The largest absolute Gasteiger partial charge is 0.469 e. The summed E-state index contributed by atoms with van der Waals surface area (Å²) in [5.41, 5.74) is 2.33. The quantitative estimate of drug-likeness (QED) is 0.863. The Morgan fingerprint density at radius 1 is 1.43 bits per heavy atom. The normalized spacial score (nSPS) is 17.1. The van der Waals surface area contributed by atoms with Crippen LogP contribution in [0.3, 0.4) is 0 Å². The van der Waals surface area contributed by atoms with Gasteiger partial charge < -0.3 is 14.5 Å². The first-order valence-electron chi connectivity index (χ1n) is 6.89. The number of nitrogens with one attached hydrogen (secondary N) is 1. The molecule has 3 rings (SSSR count). The summed E-state index contributed by atoms with van der Waals surface area (Å²) in [7, 11) is 1.36. The predicted octanol–water partition coefficient (Wildman–Crippen LogP) is 4.21. The first-order valence-corrected chi connectivity index (χ1v) is 7.27. The van der Waals surface area contributed by atoms with Crippen LogP contribution in [-0.2, 0) is 11.2 Å². The highest BCUT2D eigenvalue weighted by Gasteiger charge is 2.24. The monoisotopic (exact) mass is 305 g/mol. The maximum atomic E-state index is 11.9. The molecule has 5 heteroatoms. The van der Waals surface area contributed by atoms with E-state index in [9.17, 15) is 4.79 Å². The van der Waals surface area contributed by atoms with Crippen molar-refractivity contribution in [3.05, 3.63) is 52.4 Å². The molecule has 1 aliphatic carbocycles. The zero-order valence-electron chi connectivity index (χ0n) is 11.7. The molecule has 0 amide bonds. The molecule has 1 unspecified atom stereocenters. The van der Waals surface area contributed by atoms with Gasteiger partial charge in [0.25, 0.3) is 0 Å². The Kier molecular flexibility index (Phi) is 3.88. The molecule has 1 N–H and O–H groups in total. The zero-order chi connectivity index (χ0) is 14.8. The average molecular weight is 306 g/mol. The number of esters is 1. The van der Waals surface area contributed by atoms with Crippen LogP contribution in [0.2, 0.25) is 5.02 Å². The minimum Gasteiger partial charge on any atom is -0.469 e. The molecule has 0 spiro atoms. The van der Waals surface area contributed by atoms with E-state index >= 15 is 0 Å². The lowest BCUT2D eigenvalue weighted by atomic mass is 9.93. The zero-order valence-corrected chi connectivity index (χ0v) is 12.4. The van der Waals surface area contributed by atoms with Crippen molar-refractivity contribution in [1.82, 2.24) is 0 Å². The third-order valence-electron chi connectivity index (χ3n) is 3.77.